The van der Waals surface area contributed by atoms with Gasteiger partial charge in [0.25, 0.3) is 10.1 Å². The summed E-state index contributed by atoms with van der Waals surface area (Å²) in [4.78, 5) is 0. The Morgan fingerprint density at radius 3 is 2.08 bits per heavy atom. The van der Waals surface area contributed by atoms with Crippen LogP contribution >= 0.6 is 46.4 Å². The maximum absolute atomic E-state index is 10.3. The fourth-order valence-electron chi connectivity index (χ4n) is 0.609. The SMILES string of the molecule is O=S(=O)(O)CCC[C@@H](Cl)C(Cl)(Cl)Cl. The van der Waals surface area contributed by atoms with Crippen LogP contribution < -0.4 is 0 Å². The van der Waals surface area contributed by atoms with Crippen molar-refractivity contribution in [3.63, 3.8) is 0 Å². The Hall–Kier alpha value is 1.07. The van der Waals surface area contributed by atoms with Crippen LogP contribution in [0.3, 0.4) is 0 Å². The summed E-state index contributed by atoms with van der Waals surface area (Å²) in [7, 11) is -3.95. The molecule has 0 aromatic rings. The van der Waals surface area contributed by atoms with Crippen LogP contribution in [0.2, 0.25) is 0 Å². The van der Waals surface area contributed by atoms with Crippen molar-refractivity contribution in [1.82, 2.24) is 0 Å². The number of hydrogen-bond donors (Lipinski definition) is 1. The molecule has 0 bridgehead atoms. The van der Waals surface area contributed by atoms with E-state index in [1.54, 1.807) is 0 Å². The van der Waals surface area contributed by atoms with E-state index in [1.807, 2.05) is 0 Å². The average molecular weight is 290 g/mol. The van der Waals surface area contributed by atoms with Gasteiger partial charge >= 0.3 is 0 Å². The molecule has 80 valence electrons. The second-order valence-corrected chi connectivity index (χ2v) is 6.91. The first kappa shape index (κ1) is 14.1. The first-order chi connectivity index (χ1) is 5.63. The van der Waals surface area contributed by atoms with Gasteiger partial charge in [-0.25, -0.2) is 0 Å². The van der Waals surface area contributed by atoms with Gasteiger partial charge in [0.2, 0.25) is 3.79 Å². The molecule has 3 nitrogen and oxygen atoms in total. The molecular weight excluding hydrogens is 282 g/mol. The molecule has 8 heteroatoms. The fourth-order valence-corrected chi connectivity index (χ4v) is 1.62. The van der Waals surface area contributed by atoms with Crippen molar-refractivity contribution in [3.05, 3.63) is 0 Å². The van der Waals surface area contributed by atoms with Crippen molar-refractivity contribution in [2.45, 2.75) is 22.0 Å². The van der Waals surface area contributed by atoms with Gasteiger partial charge in [-0.1, -0.05) is 34.8 Å². The lowest BCUT2D eigenvalue weighted by atomic mass is 10.3. The molecule has 0 aliphatic rings. The van der Waals surface area contributed by atoms with E-state index in [-0.39, 0.29) is 18.6 Å². The largest absolute Gasteiger partial charge is 0.286 e. The highest BCUT2D eigenvalue weighted by Gasteiger charge is 2.30. The van der Waals surface area contributed by atoms with Gasteiger partial charge in [0.15, 0.2) is 0 Å². The summed E-state index contributed by atoms with van der Waals surface area (Å²) < 4.78 is 27.3. The number of hydrogen-bond acceptors (Lipinski definition) is 2. The van der Waals surface area contributed by atoms with Crippen LogP contribution in [0, 0.1) is 0 Å². The molecule has 0 amide bonds. The molecule has 0 saturated carbocycles. The van der Waals surface area contributed by atoms with Crippen LogP contribution in [-0.4, -0.2) is 27.9 Å². The first-order valence-corrected chi connectivity index (χ1v) is 6.47. The summed E-state index contributed by atoms with van der Waals surface area (Å²) in [6, 6.07) is 0. The van der Waals surface area contributed by atoms with E-state index >= 15 is 0 Å². The summed E-state index contributed by atoms with van der Waals surface area (Å²) in [5.74, 6) is -0.378. The molecule has 0 unspecified atom stereocenters. The molecule has 0 heterocycles. The molecule has 0 radical (unpaired) electrons. The van der Waals surface area contributed by atoms with Crippen molar-refractivity contribution in [2.24, 2.45) is 0 Å². The molecule has 1 atom stereocenters. The normalized spacial score (nSPS) is 15.8. The number of rotatable bonds is 4. The molecule has 13 heavy (non-hydrogen) atoms. The van der Waals surface area contributed by atoms with Crippen molar-refractivity contribution >= 4 is 56.5 Å². The van der Waals surface area contributed by atoms with Crippen LogP contribution in [0.4, 0.5) is 0 Å². The van der Waals surface area contributed by atoms with Gasteiger partial charge in [-0.3, -0.25) is 4.55 Å². The van der Waals surface area contributed by atoms with Crippen LogP contribution in [-0.2, 0) is 10.1 Å². The van der Waals surface area contributed by atoms with Gasteiger partial charge in [-0.15, -0.1) is 11.6 Å². The van der Waals surface area contributed by atoms with Gasteiger partial charge in [-0.05, 0) is 12.8 Å². The molecule has 0 aromatic heterocycles. The Labute approximate surface area is 97.0 Å². The standard InChI is InChI=1S/C5H8Cl4O3S/c6-4(5(7,8)9)2-1-3-13(10,11)12/h4H,1-3H2,(H,10,11,12)/t4-/m1/s1. The molecular formula is C5H8Cl4O3S. The second kappa shape index (κ2) is 5.24. The highest BCUT2D eigenvalue weighted by molar-refractivity contribution is 7.85. The molecule has 0 rings (SSSR count). The van der Waals surface area contributed by atoms with Crippen molar-refractivity contribution in [2.75, 3.05) is 5.75 Å². The monoisotopic (exact) mass is 288 g/mol. The highest BCUT2D eigenvalue weighted by Crippen LogP contribution is 2.36. The van der Waals surface area contributed by atoms with Crippen molar-refractivity contribution in [1.29, 1.82) is 0 Å². The Morgan fingerprint density at radius 2 is 1.77 bits per heavy atom. The number of halogens is 4. The minimum Gasteiger partial charge on any atom is -0.286 e. The van der Waals surface area contributed by atoms with E-state index in [2.05, 4.69) is 0 Å². The lowest BCUT2D eigenvalue weighted by molar-refractivity contribution is 0.479. The minimum atomic E-state index is -3.95. The van der Waals surface area contributed by atoms with E-state index in [9.17, 15) is 8.42 Å². The third kappa shape index (κ3) is 8.09. The van der Waals surface area contributed by atoms with E-state index < -0.39 is 19.3 Å². The van der Waals surface area contributed by atoms with Crippen molar-refractivity contribution in [3.8, 4) is 0 Å². The Bertz CT molecular complexity index is 245. The molecule has 0 aliphatic carbocycles. The Balaban J connectivity index is 3.80. The van der Waals surface area contributed by atoms with Crippen LogP contribution in [0.5, 0.6) is 0 Å². The van der Waals surface area contributed by atoms with Crippen LogP contribution in [0.15, 0.2) is 0 Å². The topological polar surface area (TPSA) is 54.4 Å². The number of alkyl halides is 4. The summed E-state index contributed by atoms with van der Waals surface area (Å²) in [6.07, 6.45) is 0.360. The third-order valence-electron chi connectivity index (χ3n) is 1.22. The van der Waals surface area contributed by atoms with Crippen molar-refractivity contribution < 1.29 is 13.0 Å². The minimum absolute atomic E-state index is 0.154. The predicted octanol–water partition coefficient (Wildman–Crippen LogP) is 2.63. The smallest absolute Gasteiger partial charge is 0.264 e. The average Bonchev–Trinajstić information content (AvgIpc) is 1.82. The Kier molecular flexibility index (Phi) is 5.67. The van der Waals surface area contributed by atoms with Crippen LogP contribution in [0.25, 0.3) is 0 Å². The van der Waals surface area contributed by atoms with Gasteiger partial charge in [-0.2, -0.15) is 8.42 Å². The maximum atomic E-state index is 10.3. The first-order valence-electron chi connectivity index (χ1n) is 3.29. The molecule has 1 N–H and O–H groups in total. The zero-order valence-corrected chi connectivity index (χ0v) is 10.2. The van der Waals surface area contributed by atoms with Crippen LogP contribution in [0.1, 0.15) is 12.8 Å². The van der Waals surface area contributed by atoms with E-state index in [0.717, 1.165) is 0 Å². The second-order valence-electron chi connectivity index (χ2n) is 2.44. The zero-order valence-electron chi connectivity index (χ0n) is 6.38. The van der Waals surface area contributed by atoms with E-state index in [0.29, 0.717) is 0 Å². The summed E-state index contributed by atoms with van der Waals surface area (Å²) in [5.41, 5.74) is 0. The summed E-state index contributed by atoms with van der Waals surface area (Å²) in [5, 5.41) is -0.765. The molecule has 0 spiro atoms. The van der Waals surface area contributed by atoms with Gasteiger partial charge in [0.1, 0.15) is 0 Å². The molecule has 0 aromatic carbocycles. The van der Waals surface area contributed by atoms with Gasteiger partial charge in [0, 0.05) is 0 Å². The lowest BCUT2D eigenvalue weighted by Gasteiger charge is -2.16. The Morgan fingerprint density at radius 1 is 1.31 bits per heavy atom. The fraction of sp³-hybridized carbons (Fsp3) is 1.00. The maximum Gasteiger partial charge on any atom is 0.264 e. The summed E-state index contributed by atoms with van der Waals surface area (Å²) in [6.45, 7) is 0. The van der Waals surface area contributed by atoms with Gasteiger partial charge < -0.3 is 0 Å². The molecule has 0 aliphatic heterocycles. The quantitative estimate of drug-likeness (QED) is 0.639. The van der Waals surface area contributed by atoms with Gasteiger partial charge in [0.05, 0.1) is 11.1 Å². The lowest BCUT2D eigenvalue weighted by Crippen LogP contribution is -2.20. The molecule has 0 saturated heterocycles. The molecule has 0 fully saturated rings. The van der Waals surface area contributed by atoms with E-state index in [4.69, 9.17) is 51.0 Å². The third-order valence-corrected chi connectivity index (χ3v) is 3.69. The zero-order chi connectivity index (χ0) is 10.7. The summed E-state index contributed by atoms with van der Waals surface area (Å²) >= 11 is 21.9. The van der Waals surface area contributed by atoms with E-state index in [1.165, 1.54) is 0 Å². The predicted molar refractivity (Wildman–Crippen MR) is 55.6 cm³/mol. The highest BCUT2D eigenvalue weighted by atomic mass is 35.6.